The molecule has 6 rings (SSSR count). The van der Waals surface area contributed by atoms with Crippen molar-refractivity contribution in [1.82, 2.24) is 4.90 Å². The SMILES string of the molecule is O=C1N=C(N2CCC3(CC2)OCc2ccccc23)CC12C[C@H]1CC(F)(F)C[C@H]1C2. The van der Waals surface area contributed by atoms with Crippen molar-refractivity contribution >= 4 is 11.7 Å². The third kappa shape index (κ3) is 2.64. The molecule has 1 aromatic rings. The number of likely N-dealkylation sites (tertiary alicyclic amines) is 1. The average Bonchev–Trinajstić information content (AvgIpc) is 3.38. The summed E-state index contributed by atoms with van der Waals surface area (Å²) in [6.45, 7) is 2.31. The zero-order valence-electron chi connectivity index (χ0n) is 16.5. The summed E-state index contributed by atoms with van der Waals surface area (Å²) in [5, 5.41) is 0. The molecule has 4 nitrogen and oxygen atoms in total. The molecule has 154 valence electrons. The lowest BCUT2D eigenvalue weighted by Crippen LogP contribution is -2.45. The molecule has 29 heavy (non-hydrogen) atoms. The number of carbonyl (C=O) groups excluding carboxylic acids is 1. The van der Waals surface area contributed by atoms with Crippen molar-refractivity contribution in [3.05, 3.63) is 35.4 Å². The molecule has 0 radical (unpaired) electrons. The van der Waals surface area contributed by atoms with Crippen molar-refractivity contribution in [1.29, 1.82) is 0 Å². The van der Waals surface area contributed by atoms with Gasteiger partial charge in [-0.05, 0) is 48.6 Å². The van der Waals surface area contributed by atoms with Gasteiger partial charge in [0.25, 0.3) is 5.91 Å². The molecule has 1 unspecified atom stereocenters. The number of amidine groups is 1. The van der Waals surface area contributed by atoms with Gasteiger partial charge in [-0.3, -0.25) is 4.79 Å². The molecular formula is C23H26F2N2O2. The van der Waals surface area contributed by atoms with Crippen LogP contribution in [0.5, 0.6) is 0 Å². The van der Waals surface area contributed by atoms with Gasteiger partial charge in [-0.1, -0.05) is 24.3 Å². The number of benzene rings is 1. The molecule has 3 heterocycles. The van der Waals surface area contributed by atoms with Gasteiger partial charge in [0.1, 0.15) is 5.84 Å². The van der Waals surface area contributed by atoms with E-state index in [0.717, 1.165) is 31.8 Å². The van der Waals surface area contributed by atoms with Gasteiger partial charge < -0.3 is 9.64 Å². The van der Waals surface area contributed by atoms with Gasteiger partial charge in [-0.25, -0.2) is 8.78 Å². The van der Waals surface area contributed by atoms with Gasteiger partial charge in [0.15, 0.2) is 0 Å². The summed E-state index contributed by atoms with van der Waals surface area (Å²) in [6, 6.07) is 8.45. The number of fused-ring (bicyclic) bond motifs is 3. The fraction of sp³-hybridized carbons (Fsp3) is 0.652. The van der Waals surface area contributed by atoms with Crippen molar-refractivity contribution in [2.24, 2.45) is 22.2 Å². The maximum absolute atomic E-state index is 13.7. The van der Waals surface area contributed by atoms with E-state index in [1.54, 1.807) is 0 Å². The number of piperidine rings is 1. The van der Waals surface area contributed by atoms with Crippen LogP contribution in [0.15, 0.2) is 29.3 Å². The lowest BCUT2D eigenvalue weighted by molar-refractivity contribution is -0.126. The Morgan fingerprint density at radius 1 is 1.03 bits per heavy atom. The monoisotopic (exact) mass is 400 g/mol. The fourth-order valence-corrected chi connectivity index (χ4v) is 6.83. The topological polar surface area (TPSA) is 41.9 Å². The predicted octanol–water partition coefficient (Wildman–Crippen LogP) is 4.28. The predicted molar refractivity (Wildman–Crippen MR) is 104 cm³/mol. The highest BCUT2D eigenvalue weighted by Crippen LogP contribution is 2.60. The quantitative estimate of drug-likeness (QED) is 0.653. The lowest BCUT2D eigenvalue weighted by atomic mass is 9.80. The summed E-state index contributed by atoms with van der Waals surface area (Å²) in [5.74, 6) is -1.76. The van der Waals surface area contributed by atoms with Gasteiger partial charge in [-0.2, -0.15) is 4.99 Å². The van der Waals surface area contributed by atoms with Crippen LogP contribution >= 0.6 is 0 Å². The van der Waals surface area contributed by atoms with E-state index in [2.05, 4.69) is 34.2 Å². The van der Waals surface area contributed by atoms with Crippen LogP contribution in [0.3, 0.4) is 0 Å². The van der Waals surface area contributed by atoms with Crippen LogP contribution in [0.1, 0.15) is 56.1 Å². The Labute approximate surface area is 169 Å². The van der Waals surface area contributed by atoms with Crippen molar-refractivity contribution in [3.63, 3.8) is 0 Å². The smallest absolute Gasteiger partial charge is 0.254 e. The van der Waals surface area contributed by atoms with E-state index >= 15 is 0 Å². The summed E-state index contributed by atoms with van der Waals surface area (Å²) in [5.41, 5.74) is 1.88. The maximum atomic E-state index is 13.7. The second kappa shape index (κ2) is 5.87. The number of ether oxygens (including phenoxy) is 1. The van der Waals surface area contributed by atoms with E-state index in [4.69, 9.17) is 4.74 Å². The van der Waals surface area contributed by atoms with E-state index in [-0.39, 0.29) is 36.2 Å². The lowest BCUT2D eigenvalue weighted by Gasteiger charge is -2.40. The minimum atomic E-state index is -2.54. The van der Waals surface area contributed by atoms with Crippen molar-refractivity contribution in [3.8, 4) is 0 Å². The van der Waals surface area contributed by atoms with Crippen LogP contribution < -0.4 is 0 Å². The van der Waals surface area contributed by atoms with Crippen molar-refractivity contribution in [2.75, 3.05) is 13.1 Å². The normalized spacial score (nSPS) is 36.7. The van der Waals surface area contributed by atoms with Gasteiger partial charge in [0, 0.05) is 32.4 Å². The zero-order chi connectivity index (χ0) is 19.9. The van der Waals surface area contributed by atoms with E-state index < -0.39 is 11.3 Å². The molecule has 1 saturated heterocycles. The van der Waals surface area contributed by atoms with E-state index in [1.807, 2.05) is 0 Å². The molecule has 3 fully saturated rings. The third-order valence-corrected chi connectivity index (χ3v) is 8.22. The number of alkyl halides is 2. The number of hydrogen-bond acceptors (Lipinski definition) is 3. The largest absolute Gasteiger partial charge is 0.365 e. The Hall–Kier alpha value is -1.82. The Morgan fingerprint density at radius 2 is 1.72 bits per heavy atom. The number of nitrogens with zero attached hydrogens (tertiary/aromatic N) is 2. The molecular weight excluding hydrogens is 374 g/mol. The first-order chi connectivity index (χ1) is 13.9. The molecule has 6 heteroatoms. The molecule has 1 aromatic carbocycles. The molecule has 5 aliphatic rings. The summed E-state index contributed by atoms with van der Waals surface area (Å²) in [6.07, 6.45) is 3.50. The fourth-order valence-electron chi connectivity index (χ4n) is 6.83. The van der Waals surface area contributed by atoms with Crippen LogP contribution in [-0.2, 0) is 21.7 Å². The van der Waals surface area contributed by atoms with Crippen LogP contribution in [0, 0.1) is 17.3 Å². The molecule has 3 aliphatic heterocycles. The van der Waals surface area contributed by atoms with Crippen LogP contribution in [-0.4, -0.2) is 35.7 Å². The highest BCUT2D eigenvalue weighted by molar-refractivity contribution is 6.05. The summed E-state index contributed by atoms with van der Waals surface area (Å²) in [4.78, 5) is 19.5. The zero-order valence-corrected chi connectivity index (χ0v) is 16.5. The van der Waals surface area contributed by atoms with E-state index in [0.29, 0.717) is 25.9 Å². The van der Waals surface area contributed by atoms with Crippen molar-refractivity contribution < 1.29 is 18.3 Å². The summed E-state index contributed by atoms with van der Waals surface area (Å²) in [7, 11) is 0. The Kier molecular flexibility index (Phi) is 3.64. The summed E-state index contributed by atoms with van der Waals surface area (Å²) < 4.78 is 33.7. The van der Waals surface area contributed by atoms with Gasteiger partial charge in [0.05, 0.1) is 17.6 Å². The summed E-state index contributed by atoms with van der Waals surface area (Å²) >= 11 is 0. The molecule has 3 atom stereocenters. The first-order valence-electron chi connectivity index (χ1n) is 10.9. The molecule has 0 bridgehead atoms. The van der Waals surface area contributed by atoms with E-state index in [1.165, 1.54) is 11.1 Å². The Bertz CT molecular complexity index is 888. The molecule has 2 spiro atoms. The van der Waals surface area contributed by atoms with E-state index in [9.17, 15) is 13.6 Å². The molecule has 2 saturated carbocycles. The maximum Gasteiger partial charge on any atom is 0.254 e. The number of amides is 1. The molecule has 2 aliphatic carbocycles. The van der Waals surface area contributed by atoms with Gasteiger partial charge in [-0.15, -0.1) is 0 Å². The second-order valence-corrected chi connectivity index (χ2v) is 9.91. The van der Waals surface area contributed by atoms with Crippen LogP contribution in [0.4, 0.5) is 8.78 Å². The Balaban J connectivity index is 1.15. The van der Waals surface area contributed by atoms with Crippen LogP contribution in [0.2, 0.25) is 0 Å². The minimum Gasteiger partial charge on any atom is -0.365 e. The standard InChI is InChI=1S/C23H26F2N2O2/c24-23(25)11-16-9-21(10-17(16)12-23)13-19(26-20(21)28)27-7-5-22(6-8-27)18-4-2-1-3-15(18)14-29-22/h1-4,16-17H,5-14H2/t16-,17+,21?. The number of carbonyl (C=O) groups is 1. The number of hydrogen-bond donors (Lipinski definition) is 0. The highest BCUT2D eigenvalue weighted by Gasteiger charge is 2.60. The average molecular weight is 400 g/mol. The van der Waals surface area contributed by atoms with Crippen LogP contribution in [0.25, 0.3) is 0 Å². The number of aliphatic imine (C=N–C) groups is 1. The van der Waals surface area contributed by atoms with Gasteiger partial charge in [0.2, 0.25) is 5.92 Å². The number of halogens is 2. The number of rotatable bonds is 0. The molecule has 1 amide bonds. The molecule has 0 N–H and O–H groups in total. The Morgan fingerprint density at radius 3 is 2.45 bits per heavy atom. The first kappa shape index (κ1) is 18.0. The third-order valence-electron chi connectivity index (χ3n) is 8.22. The first-order valence-corrected chi connectivity index (χ1v) is 10.9. The highest BCUT2D eigenvalue weighted by atomic mass is 19.3. The van der Waals surface area contributed by atoms with Gasteiger partial charge >= 0.3 is 0 Å². The second-order valence-electron chi connectivity index (χ2n) is 9.91. The van der Waals surface area contributed by atoms with Crippen molar-refractivity contribution in [2.45, 2.75) is 63.1 Å². The minimum absolute atomic E-state index is 0.0171. The molecule has 0 aromatic heterocycles.